The molecular formula is C15H20N6OS. The number of rotatable bonds is 5. The summed E-state index contributed by atoms with van der Waals surface area (Å²) in [6, 6.07) is 1.95. The highest BCUT2D eigenvalue weighted by molar-refractivity contribution is 7.13. The van der Waals surface area contributed by atoms with Crippen LogP contribution in [0.3, 0.4) is 0 Å². The van der Waals surface area contributed by atoms with Gasteiger partial charge in [-0.1, -0.05) is 18.3 Å². The molecule has 122 valence electrons. The van der Waals surface area contributed by atoms with Crippen LogP contribution < -0.4 is 5.32 Å². The van der Waals surface area contributed by atoms with Gasteiger partial charge in [0, 0.05) is 31.3 Å². The van der Waals surface area contributed by atoms with Crippen molar-refractivity contribution < 1.29 is 4.79 Å². The van der Waals surface area contributed by atoms with Crippen LogP contribution in [0.25, 0.3) is 0 Å². The molecule has 0 saturated carbocycles. The fraction of sp³-hybridized carbons (Fsp3) is 0.533. The van der Waals surface area contributed by atoms with Gasteiger partial charge in [0.1, 0.15) is 17.7 Å². The van der Waals surface area contributed by atoms with Crippen LogP contribution in [0.15, 0.2) is 17.9 Å². The minimum absolute atomic E-state index is 0.246. The molecule has 0 bridgehead atoms. The summed E-state index contributed by atoms with van der Waals surface area (Å²) in [5.41, 5.74) is 2.66. The van der Waals surface area contributed by atoms with Gasteiger partial charge in [0.25, 0.3) is 0 Å². The number of hydrogen-bond donors (Lipinski definition) is 1. The SMILES string of the molecule is CCC(=O)N1CCC[C@@H](Cc2cc(Nc3nncs3)ncn2)C1. The number of aromatic nitrogens is 4. The molecule has 0 unspecified atom stereocenters. The van der Waals surface area contributed by atoms with E-state index in [-0.39, 0.29) is 5.91 Å². The first-order valence-corrected chi connectivity index (χ1v) is 8.74. The minimum Gasteiger partial charge on any atom is -0.342 e. The third-order valence-electron chi connectivity index (χ3n) is 3.99. The first-order chi connectivity index (χ1) is 11.2. The summed E-state index contributed by atoms with van der Waals surface area (Å²) in [5.74, 6) is 1.43. The number of amides is 1. The van der Waals surface area contributed by atoms with Gasteiger partial charge in [-0.2, -0.15) is 0 Å². The van der Waals surface area contributed by atoms with Gasteiger partial charge in [-0.15, -0.1) is 10.2 Å². The summed E-state index contributed by atoms with van der Waals surface area (Å²) >= 11 is 1.43. The van der Waals surface area contributed by atoms with Gasteiger partial charge in [0.2, 0.25) is 11.0 Å². The summed E-state index contributed by atoms with van der Waals surface area (Å²) in [6.07, 6.45) is 5.21. The maximum atomic E-state index is 11.9. The van der Waals surface area contributed by atoms with E-state index >= 15 is 0 Å². The first kappa shape index (κ1) is 15.8. The normalized spacial score (nSPS) is 18.0. The van der Waals surface area contributed by atoms with Crippen molar-refractivity contribution in [2.24, 2.45) is 5.92 Å². The molecular weight excluding hydrogens is 312 g/mol. The lowest BCUT2D eigenvalue weighted by atomic mass is 9.93. The van der Waals surface area contributed by atoms with E-state index in [1.165, 1.54) is 11.3 Å². The highest BCUT2D eigenvalue weighted by atomic mass is 32.1. The van der Waals surface area contributed by atoms with Crippen molar-refractivity contribution in [3.63, 3.8) is 0 Å². The molecule has 1 N–H and O–H groups in total. The third-order valence-corrected chi connectivity index (χ3v) is 4.60. The number of hydrogen-bond acceptors (Lipinski definition) is 7. The predicted molar refractivity (Wildman–Crippen MR) is 88.5 cm³/mol. The van der Waals surface area contributed by atoms with Crippen molar-refractivity contribution in [3.8, 4) is 0 Å². The molecule has 1 saturated heterocycles. The molecule has 1 atom stereocenters. The van der Waals surface area contributed by atoms with Gasteiger partial charge >= 0.3 is 0 Å². The Kier molecular flexibility index (Phi) is 5.12. The summed E-state index contributed by atoms with van der Waals surface area (Å²) in [7, 11) is 0. The number of carbonyl (C=O) groups is 1. The Balaban J connectivity index is 1.62. The van der Waals surface area contributed by atoms with Crippen LogP contribution in [0.5, 0.6) is 0 Å². The monoisotopic (exact) mass is 332 g/mol. The maximum absolute atomic E-state index is 11.9. The van der Waals surface area contributed by atoms with E-state index in [1.54, 1.807) is 11.8 Å². The van der Waals surface area contributed by atoms with Crippen LogP contribution in [0.2, 0.25) is 0 Å². The molecule has 3 rings (SSSR count). The summed E-state index contributed by atoms with van der Waals surface area (Å²) in [6.45, 7) is 3.63. The first-order valence-electron chi connectivity index (χ1n) is 7.86. The van der Waals surface area contributed by atoms with Crippen LogP contribution in [-0.2, 0) is 11.2 Å². The van der Waals surface area contributed by atoms with Crippen molar-refractivity contribution in [1.82, 2.24) is 25.1 Å². The Labute approximate surface area is 139 Å². The van der Waals surface area contributed by atoms with Crippen LogP contribution >= 0.6 is 11.3 Å². The Morgan fingerprint density at radius 1 is 1.48 bits per heavy atom. The number of anilines is 2. The molecule has 23 heavy (non-hydrogen) atoms. The summed E-state index contributed by atoms with van der Waals surface area (Å²) < 4.78 is 0. The molecule has 0 aromatic carbocycles. The van der Waals surface area contributed by atoms with Gasteiger partial charge < -0.3 is 10.2 Å². The molecule has 0 spiro atoms. The second-order valence-corrected chi connectivity index (χ2v) is 6.50. The quantitative estimate of drug-likeness (QED) is 0.904. The molecule has 1 aliphatic heterocycles. The highest BCUT2D eigenvalue weighted by Crippen LogP contribution is 2.22. The fourth-order valence-corrected chi connectivity index (χ4v) is 3.34. The molecule has 2 aromatic rings. The maximum Gasteiger partial charge on any atom is 0.222 e. The van der Waals surface area contributed by atoms with Crippen molar-refractivity contribution in [2.75, 3.05) is 18.4 Å². The molecule has 1 aliphatic rings. The van der Waals surface area contributed by atoms with Crippen molar-refractivity contribution in [3.05, 3.63) is 23.6 Å². The van der Waals surface area contributed by atoms with Crippen molar-refractivity contribution >= 4 is 28.2 Å². The smallest absolute Gasteiger partial charge is 0.222 e. The topological polar surface area (TPSA) is 83.9 Å². The van der Waals surface area contributed by atoms with E-state index < -0.39 is 0 Å². The van der Waals surface area contributed by atoms with Crippen LogP contribution in [0.4, 0.5) is 10.9 Å². The van der Waals surface area contributed by atoms with Gasteiger partial charge in [-0.25, -0.2) is 9.97 Å². The van der Waals surface area contributed by atoms with Crippen LogP contribution in [0, 0.1) is 5.92 Å². The number of carbonyl (C=O) groups excluding carboxylic acids is 1. The minimum atomic E-state index is 0.246. The fourth-order valence-electron chi connectivity index (χ4n) is 2.89. The van der Waals surface area contributed by atoms with Crippen molar-refractivity contribution in [1.29, 1.82) is 0 Å². The lowest BCUT2D eigenvalue weighted by molar-refractivity contribution is -0.132. The second kappa shape index (κ2) is 7.45. The summed E-state index contributed by atoms with van der Waals surface area (Å²) in [5, 5.41) is 11.6. The Morgan fingerprint density at radius 2 is 2.39 bits per heavy atom. The molecule has 8 heteroatoms. The van der Waals surface area contributed by atoms with Crippen LogP contribution in [-0.4, -0.2) is 44.1 Å². The second-order valence-electron chi connectivity index (χ2n) is 5.67. The predicted octanol–water partition coefficient (Wildman–Crippen LogP) is 2.26. The van der Waals surface area contributed by atoms with E-state index in [9.17, 15) is 4.79 Å². The van der Waals surface area contributed by atoms with E-state index in [1.807, 2.05) is 17.9 Å². The molecule has 1 fully saturated rings. The Hall–Kier alpha value is -2.09. The van der Waals surface area contributed by atoms with E-state index in [2.05, 4.69) is 25.5 Å². The molecule has 2 aromatic heterocycles. The average molecular weight is 332 g/mol. The van der Waals surface area contributed by atoms with Gasteiger partial charge in [0.15, 0.2) is 0 Å². The zero-order valence-electron chi connectivity index (χ0n) is 13.1. The number of nitrogens with one attached hydrogen (secondary N) is 1. The zero-order chi connectivity index (χ0) is 16.1. The highest BCUT2D eigenvalue weighted by Gasteiger charge is 2.23. The van der Waals surface area contributed by atoms with E-state index in [0.29, 0.717) is 17.5 Å². The molecule has 7 nitrogen and oxygen atoms in total. The number of nitrogens with zero attached hydrogens (tertiary/aromatic N) is 5. The van der Waals surface area contributed by atoms with Gasteiger partial charge in [-0.3, -0.25) is 4.79 Å². The molecule has 0 aliphatic carbocycles. The zero-order valence-corrected chi connectivity index (χ0v) is 13.9. The van der Waals surface area contributed by atoms with Crippen LogP contribution in [0.1, 0.15) is 31.9 Å². The standard InChI is InChI=1S/C15H20N6OS/c1-2-14(22)21-5-3-4-11(8-21)6-12-7-13(17-9-16-12)19-15-20-18-10-23-15/h7,9-11H,2-6,8H2,1H3,(H,16,17,19,20)/t11-/m0/s1. The number of piperidine rings is 1. The van der Waals surface area contributed by atoms with E-state index in [0.717, 1.165) is 43.9 Å². The molecule has 1 amide bonds. The lowest BCUT2D eigenvalue weighted by Gasteiger charge is -2.32. The average Bonchev–Trinajstić information content (AvgIpc) is 3.07. The Bertz CT molecular complexity index is 647. The summed E-state index contributed by atoms with van der Waals surface area (Å²) in [4.78, 5) is 22.4. The third kappa shape index (κ3) is 4.22. The number of likely N-dealkylation sites (tertiary alicyclic amines) is 1. The van der Waals surface area contributed by atoms with Gasteiger partial charge in [-0.05, 0) is 25.2 Å². The molecule has 0 radical (unpaired) electrons. The van der Waals surface area contributed by atoms with Crippen molar-refractivity contribution in [2.45, 2.75) is 32.6 Å². The Morgan fingerprint density at radius 3 is 3.17 bits per heavy atom. The molecule has 3 heterocycles. The van der Waals surface area contributed by atoms with Gasteiger partial charge in [0.05, 0.1) is 0 Å². The lowest BCUT2D eigenvalue weighted by Crippen LogP contribution is -2.40. The van der Waals surface area contributed by atoms with E-state index in [4.69, 9.17) is 0 Å². The largest absolute Gasteiger partial charge is 0.342 e.